The first-order chi connectivity index (χ1) is 8.74. The van der Waals surface area contributed by atoms with Gasteiger partial charge in [-0.15, -0.1) is 6.58 Å². The average Bonchev–Trinajstić information content (AvgIpc) is 2.39. The number of carbonyl (C=O) groups is 1. The lowest BCUT2D eigenvalue weighted by molar-refractivity contribution is 0.0696. The van der Waals surface area contributed by atoms with E-state index in [0.29, 0.717) is 12.0 Å². The van der Waals surface area contributed by atoms with Crippen molar-refractivity contribution in [2.24, 2.45) is 0 Å². The smallest absolute Gasteiger partial charge is 0.336 e. The van der Waals surface area contributed by atoms with Crippen molar-refractivity contribution >= 4 is 5.97 Å². The number of benzene rings is 2. The summed E-state index contributed by atoms with van der Waals surface area (Å²) in [5.74, 6) is -0.897. The summed E-state index contributed by atoms with van der Waals surface area (Å²) in [6, 6.07) is 15.1. The van der Waals surface area contributed by atoms with E-state index >= 15 is 0 Å². The summed E-state index contributed by atoms with van der Waals surface area (Å²) in [6.45, 7) is 3.67. The minimum atomic E-state index is -0.897. The molecule has 0 saturated carbocycles. The van der Waals surface area contributed by atoms with Crippen LogP contribution in [0.2, 0.25) is 0 Å². The molecule has 0 radical (unpaired) electrons. The molecule has 2 aromatic carbocycles. The van der Waals surface area contributed by atoms with Gasteiger partial charge in [0.15, 0.2) is 0 Å². The van der Waals surface area contributed by atoms with Crippen molar-refractivity contribution in [3.63, 3.8) is 0 Å². The summed E-state index contributed by atoms with van der Waals surface area (Å²) in [6.07, 6.45) is 2.28. The van der Waals surface area contributed by atoms with E-state index in [9.17, 15) is 9.90 Å². The van der Waals surface area contributed by atoms with E-state index < -0.39 is 5.97 Å². The lowest BCUT2D eigenvalue weighted by atomic mass is 9.94. The second-order valence-corrected chi connectivity index (χ2v) is 4.00. The van der Waals surface area contributed by atoms with Crippen LogP contribution < -0.4 is 0 Å². The molecule has 0 aliphatic heterocycles. The largest absolute Gasteiger partial charge is 0.478 e. The highest BCUT2D eigenvalue weighted by molar-refractivity contribution is 5.97. The zero-order chi connectivity index (χ0) is 13.0. The Bertz CT molecular complexity index is 571. The number of carboxylic acids is 1. The van der Waals surface area contributed by atoms with Gasteiger partial charge in [0.2, 0.25) is 0 Å². The summed E-state index contributed by atoms with van der Waals surface area (Å²) >= 11 is 0. The van der Waals surface area contributed by atoms with Crippen molar-refractivity contribution in [3.8, 4) is 11.1 Å². The lowest BCUT2D eigenvalue weighted by Gasteiger charge is -2.10. The number of hydrogen-bond acceptors (Lipinski definition) is 1. The molecular formula is C16H14O2. The highest BCUT2D eigenvalue weighted by Gasteiger charge is 2.15. The SMILES string of the molecule is C=CCc1cccc(-c2ccccc2)c1C(=O)O. The van der Waals surface area contributed by atoms with E-state index in [0.717, 1.165) is 16.7 Å². The molecule has 0 atom stereocenters. The Morgan fingerprint density at radius 3 is 2.44 bits per heavy atom. The first-order valence-electron chi connectivity index (χ1n) is 5.75. The van der Waals surface area contributed by atoms with Gasteiger partial charge in [0.25, 0.3) is 0 Å². The summed E-state index contributed by atoms with van der Waals surface area (Å²) in [5.41, 5.74) is 2.82. The van der Waals surface area contributed by atoms with Crippen LogP contribution in [0.25, 0.3) is 11.1 Å². The number of rotatable bonds is 4. The van der Waals surface area contributed by atoms with Crippen molar-refractivity contribution in [2.45, 2.75) is 6.42 Å². The number of carboxylic acid groups (broad SMARTS) is 1. The third-order valence-electron chi connectivity index (χ3n) is 2.81. The van der Waals surface area contributed by atoms with Crippen LogP contribution in [-0.4, -0.2) is 11.1 Å². The van der Waals surface area contributed by atoms with Crippen LogP contribution in [0.5, 0.6) is 0 Å². The van der Waals surface area contributed by atoms with Crippen molar-refractivity contribution in [1.29, 1.82) is 0 Å². The van der Waals surface area contributed by atoms with E-state index in [-0.39, 0.29) is 0 Å². The quantitative estimate of drug-likeness (QED) is 0.823. The van der Waals surface area contributed by atoms with Gasteiger partial charge in [0, 0.05) is 0 Å². The topological polar surface area (TPSA) is 37.3 Å². The summed E-state index contributed by atoms with van der Waals surface area (Å²) in [4.78, 5) is 11.5. The van der Waals surface area contributed by atoms with Gasteiger partial charge in [0.05, 0.1) is 5.56 Å². The van der Waals surface area contributed by atoms with Crippen LogP contribution in [-0.2, 0) is 6.42 Å². The fourth-order valence-electron chi connectivity index (χ4n) is 2.04. The minimum absolute atomic E-state index is 0.364. The minimum Gasteiger partial charge on any atom is -0.478 e. The highest BCUT2D eigenvalue weighted by Crippen LogP contribution is 2.26. The van der Waals surface area contributed by atoms with Crippen molar-refractivity contribution in [3.05, 3.63) is 72.3 Å². The Morgan fingerprint density at radius 1 is 1.11 bits per heavy atom. The predicted molar refractivity (Wildman–Crippen MR) is 72.7 cm³/mol. The molecule has 0 bridgehead atoms. The van der Waals surface area contributed by atoms with Crippen LogP contribution in [0.15, 0.2) is 61.2 Å². The molecule has 1 N–H and O–H groups in total. The van der Waals surface area contributed by atoms with Gasteiger partial charge in [-0.25, -0.2) is 4.79 Å². The van der Waals surface area contributed by atoms with Crippen LogP contribution in [0, 0.1) is 0 Å². The van der Waals surface area contributed by atoms with Crippen LogP contribution in [0.1, 0.15) is 15.9 Å². The van der Waals surface area contributed by atoms with E-state index in [1.807, 2.05) is 48.5 Å². The first-order valence-corrected chi connectivity index (χ1v) is 5.75. The summed E-state index contributed by atoms with van der Waals surface area (Å²) in [5, 5.41) is 9.40. The second kappa shape index (κ2) is 5.32. The molecule has 0 aliphatic rings. The predicted octanol–water partition coefficient (Wildman–Crippen LogP) is 3.78. The fraction of sp³-hybridized carbons (Fsp3) is 0.0625. The van der Waals surface area contributed by atoms with Crippen molar-refractivity contribution < 1.29 is 9.90 Å². The molecule has 0 amide bonds. The number of hydrogen-bond donors (Lipinski definition) is 1. The molecule has 0 unspecified atom stereocenters. The maximum absolute atomic E-state index is 11.5. The van der Waals surface area contributed by atoms with E-state index in [1.165, 1.54) is 0 Å². The Balaban J connectivity index is 2.64. The highest BCUT2D eigenvalue weighted by atomic mass is 16.4. The molecule has 0 fully saturated rings. The molecule has 0 spiro atoms. The molecule has 0 saturated heterocycles. The van der Waals surface area contributed by atoms with Gasteiger partial charge < -0.3 is 5.11 Å². The number of allylic oxidation sites excluding steroid dienone is 1. The zero-order valence-corrected chi connectivity index (χ0v) is 9.97. The van der Waals surface area contributed by atoms with E-state index in [1.54, 1.807) is 6.08 Å². The van der Waals surface area contributed by atoms with Gasteiger partial charge >= 0.3 is 5.97 Å². The van der Waals surface area contributed by atoms with Gasteiger partial charge in [0.1, 0.15) is 0 Å². The Hall–Kier alpha value is -2.35. The van der Waals surface area contributed by atoms with Gasteiger partial charge in [-0.3, -0.25) is 0 Å². The molecular weight excluding hydrogens is 224 g/mol. The Kier molecular flexibility index (Phi) is 3.58. The van der Waals surface area contributed by atoms with Crippen LogP contribution in [0.3, 0.4) is 0 Å². The van der Waals surface area contributed by atoms with Crippen LogP contribution >= 0.6 is 0 Å². The molecule has 90 valence electrons. The third kappa shape index (κ3) is 2.33. The third-order valence-corrected chi connectivity index (χ3v) is 2.81. The lowest BCUT2D eigenvalue weighted by Crippen LogP contribution is -2.04. The molecule has 0 aliphatic carbocycles. The molecule has 2 aromatic rings. The first kappa shape index (κ1) is 12.1. The molecule has 2 rings (SSSR count). The van der Waals surface area contributed by atoms with Gasteiger partial charge in [-0.2, -0.15) is 0 Å². The van der Waals surface area contributed by atoms with Crippen molar-refractivity contribution in [2.75, 3.05) is 0 Å². The van der Waals surface area contributed by atoms with Gasteiger partial charge in [-0.05, 0) is 23.1 Å². The van der Waals surface area contributed by atoms with Gasteiger partial charge in [-0.1, -0.05) is 54.6 Å². The Labute approximate surface area is 106 Å². The summed E-state index contributed by atoms with van der Waals surface area (Å²) in [7, 11) is 0. The molecule has 18 heavy (non-hydrogen) atoms. The molecule has 2 nitrogen and oxygen atoms in total. The zero-order valence-electron chi connectivity index (χ0n) is 9.97. The fourth-order valence-corrected chi connectivity index (χ4v) is 2.04. The average molecular weight is 238 g/mol. The van der Waals surface area contributed by atoms with Crippen LogP contribution in [0.4, 0.5) is 0 Å². The van der Waals surface area contributed by atoms with E-state index in [2.05, 4.69) is 6.58 Å². The normalized spacial score (nSPS) is 10.0. The summed E-state index contributed by atoms with van der Waals surface area (Å²) < 4.78 is 0. The Morgan fingerprint density at radius 2 is 1.83 bits per heavy atom. The maximum Gasteiger partial charge on any atom is 0.336 e. The molecule has 2 heteroatoms. The monoisotopic (exact) mass is 238 g/mol. The molecule has 0 heterocycles. The second-order valence-electron chi connectivity index (χ2n) is 4.00. The van der Waals surface area contributed by atoms with E-state index in [4.69, 9.17) is 0 Å². The maximum atomic E-state index is 11.5. The molecule has 0 aromatic heterocycles. The van der Waals surface area contributed by atoms with Crippen molar-refractivity contribution in [1.82, 2.24) is 0 Å². The standard InChI is InChI=1S/C16H14O2/c1-2-7-13-10-6-11-14(15(13)16(17)18)12-8-4-3-5-9-12/h2-6,8-11H,1,7H2,(H,17,18). The number of aromatic carboxylic acids is 1.